The van der Waals surface area contributed by atoms with Gasteiger partial charge in [0, 0.05) is 25.4 Å². The third kappa shape index (κ3) is 3.17. The molecule has 128 valence electrons. The van der Waals surface area contributed by atoms with E-state index in [1.54, 1.807) is 33.9 Å². The van der Waals surface area contributed by atoms with Crippen LogP contribution in [-0.2, 0) is 13.6 Å². The van der Waals surface area contributed by atoms with E-state index in [0.29, 0.717) is 18.2 Å². The fraction of sp³-hybridized carbons (Fsp3) is 0.278. The van der Waals surface area contributed by atoms with Gasteiger partial charge in [-0.25, -0.2) is 9.07 Å². The summed E-state index contributed by atoms with van der Waals surface area (Å²) in [7, 11) is 1.87. The number of carbonyl (C=O) groups excluding carboxylic acids is 1. The molecule has 1 fully saturated rings. The Balaban J connectivity index is 1.54. The highest BCUT2D eigenvalue weighted by Gasteiger charge is 2.27. The third-order valence-electron chi connectivity index (χ3n) is 4.38. The summed E-state index contributed by atoms with van der Waals surface area (Å²) in [4.78, 5) is 12.6. The predicted octanol–water partition coefficient (Wildman–Crippen LogP) is 2.55. The van der Waals surface area contributed by atoms with Crippen LogP contribution in [0, 0.1) is 5.82 Å². The molecule has 0 spiro atoms. The van der Waals surface area contributed by atoms with Gasteiger partial charge in [0.1, 0.15) is 5.82 Å². The Morgan fingerprint density at radius 2 is 2.20 bits per heavy atom. The molecule has 2 heterocycles. The van der Waals surface area contributed by atoms with Crippen molar-refractivity contribution in [2.75, 3.05) is 0 Å². The first-order valence-corrected chi connectivity index (χ1v) is 8.22. The van der Waals surface area contributed by atoms with Crippen LogP contribution in [0.1, 0.15) is 40.5 Å². The molecule has 3 aromatic rings. The number of hydrogen-bond acceptors (Lipinski definition) is 3. The molecule has 1 N–H and O–H groups in total. The number of nitrogens with zero attached hydrogens (tertiary/aromatic N) is 4. The van der Waals surface area contributed by atoms with Gasteiger partial charge < -0.3 is 5.32 Å². The minimum Gasteiger partial charge on any atom is -0.346 e. The van der Waals surface area contributed by atoms with Crippen molar-refractivity contribution in [1.29, 1.82) is 0 Å². The Bertz CT molecular complexity index is 912. The maximum absolute atomic E-state index is 13.7. The minimum atomic E-state index is -0.461. The lowest BCUT2D eigenvalue weighted by Gasteiger charge is -2.10. The van der Waals surface area contributed by atoms with Crippen molar-refractivity contribution in [2.45, 2.75) is 25.3 Å². The zero-order chi connectivity index (χ0) is 17.4. The standard InChI is InChI=1S/C18H18FN5O/c1-23-14(10-16(22-23)12-3-4-12)11-20-18(25)15-9-13(19)5-6-17(15)24-8-2-7-21-24/h2,5-10,12H,3-4,11H2,1H3,(H,20,25). The molecule has 1 amide bonds. The quantitative estimate of drug-likeness (QED) is 0.777. The largest absolute Gasteiger partial charge is 0.346 e. The molecule has 0 saturated heterocycles. The maximum atomic E-state index is 13.7. The fourth-order valence-electron chi connectivity index (χ4n) is 2.84. The van der Waals surface area contributed by atoms with E-state index in [2.05, 4.69) is 15.5 Å². The van der Waals surface area contributed by atoms with E-state index in [0.717, 1.165) is 11.4 Å². The zero-order valence-corrected chi connectivity index (χ0v) is 13.8. The zero-order valence-electron chi connectivity index (χ0n) is 13.8. The molecule has 1 aromatic carbocycles. The minimum absolute atomic E-state index is 0.244. The smallest absolute Gasteiger partial charge is 0.253 e. The molecule has 6 nitrogen and oxygen atoms in total. The van der Waals surface area contributed by atoms with E-state index in [4.69, 9.17) is 0 Å². The first-order chi connectivity index (χ1) is 12.1. The molecule has 0 radical (unpaired) electrons. The number of halogens is 1. The van der Waals surface area contributed by atoms with Gasteiger partial charge in [0.15, 0.2) is 0 Å². The van der Waals surface area contributed by atoms with Gasteiger partial charge in [-0.1, -0.05) is 0 Å². The second-order valence-electron chi connectivity index (χ2n) is 6.25. The van der Waals surface area contributed by atoms with Crippen LogP contribution in [-0.4, -0.2) is 25.5 Å². The van der Waals surface area contributed by atoms with Crippen LogP contribution < -0.4 is 5.32 Å². The van der Waals surface area contributed by atoms with E-state index in [9.17, 15) is 9.18 Å². The molecule has 1 aliphatic carbocycles. The Morgan fingerprint density at radius 1 is 1.36 bits per heavy atom. The molecule has 1 aliphatic rings. The summed E-state index contributed by atoms with van der Waals surface area (Å²) in [6.07, 6.45) is 5.69. The highest BCUT2D eigenvalue weighted by Crippen LogP contribution is 2.39. The van der Waals surface area contributed by atoms with Gasteiger partial charge in [-0.2, -0.15) is 10.2 Å². The molecule has 4 rings (SSSR count). The third-order valence-corrected chi connectivity index (χ3v) is 4.38. The Hall–Kier alpha value is -2.96. The number of benzene rings is 1. The van der Waals surface area contributed by atoms with E-state index < -0.39 is 5.82 Å². The maximum Gasteiger partial charge on any atom is 0.253 e. The SMILES string of the molecule is Cn1nc(C2CC2)cc1CNC(=O)c1cc(F)ccc1-n1cccn1. The van der Waals surface area contributed by atoms with Crippen molar-refractivity contribution in [3.8, 4) is 5.69 Å². The van der Waals surface area contributed by atoms with Crippen LogP contribution in [0.25, 0.3) is 5.69 Å². The molecular formula is C18H18FN5O. The fourth-order valence-corrected chi connectivity index (χ4v) is 2.84. The number of aryl methyl sites for hydroxylation is 1. The average molecular weight is 339 g/mol. The van der Waals surface area contributed by atoms with Crippen molar-refractivity contribution in [2.24, 2.45) is 7.05 Å². The summed E-state index contributed by atoms with van der Waals surface area (Å²) in [5.74, 6) is -0.248. The molecule has 0 unspecified atom stereocenters. The first-order valence-electron chi connectivity index (χ1n) is 8.22. The topological polar surface area (TPSA) is 64.7 Å². The van der Waals surface area contributed by atoms with Gasteiger partial charge in [-0.15, -0.1) is 0 Å². The summed E-state index contributed by atoms with van der Waals surface area (Å²) in [6, 6.07) is 7.87. The molecule has 25 heavy (non-hydrogen) atoms. The highest BCUT2D eigenvalue weighted by molar-refractivity contribution is 5.97. The van der Waals surface area contributed by atoms with Crippen molar-refractivity contribution in [3.05, 3.63) is 65.5 Å². The summed E-state index contributed by atoms with van der Waals surface area (Å²) in [6.45, 7) is 0.337. The van der Waals surface area contributed by atoms with Crippen LogP contribution in [0.2, 0.25) is 0 Å². The van der Waals surface area contributed by atoms with Gasteiger partial charge in [-0.3, -0.25) is 9.48 Å². The van der Waals surface area contributed by atoms with E-state index in [-0.39, 0.29) is 11.5 Å². The molecule has 2 aromatic heterocycles. The monoisotopic (exact) mass is 339 g/mol. The Kier molecular flexibility index (Phi) is 3.83. The van der Waals surface area contributed by atoms with Crippen molar-refractivity contribution >= 4 is 5.91 Å². The number of nitrogens with one attached hydrogen (secondary N) is 1. The number of amides is 1. The molecule has 1 saturated carbocycles. The summed E-state index contributed by atoms with van der Waals surface area (Å²) in [5, 5.41) is 11.5. The number of rotatable bonds is 5. The lowest BCUT2D eigenvalue weighted by Crippen LogP contribution is -2.25. The first kappa shape index (κ1) is 15.6. The molecule has 0 aliphatic heterocycles. The van der Waals surface area contributed by atoms with Gasteiger partial charge in [0.2, 0.25) is 0 Å². The number of carbonyl (C=O) groups is 1. The highest BCUT2D eigenvalue weighted by atomic mass is 19.1. The molecule has 0 bridgehead atoms. The molecule has 0 atom stereocenters. The van der Waals surface area contributed by atoms with Crippen LogP contribution in [0.15, 0.2) is 42.7 Å². The van der Waals surface area contributed by atoms with Crippen LogP contribution in [0.5, 0.6) is 0 Å². The van der Waals surface area contributed by atoms with Crippen LogP contribution >= 0.6 is 0 Å². The normalized spacial score (nSPS) is 13.8. The molecule has 7 heteroatoms. The van der Waals surface area contributed by atoms with Gasteiger partial charge in [-0.05, 0) is 43.2 Å². The van der Waals surface area contributed by atoms with Gasteiger partial charge >= 0.3 is 0 Å². The van der Waals surface area contributed by atoms with Crippen molar-refractivity contribution in [1.82, 2.24) is 24.9 Å². The van der Waals surface area contributed by atoms with Gasteiger partial charge in [0.25, 0.3) is 5.91 Å². The average Bonchev–Trinajstić information content (AvgIpc) is 3.18. The predicted molar refractivity (Wildman–Crippen MR) is 89.9 cm³/mol. The Morgan fingerprint density at radius 3 is 2.92 bits per heavy atom. The van der Waals surface area contributed by atoms with Crippen molar-refractivity contribution < 1.29 is 9.18 Å². The lowest BCUT2D eigenvalue weighted by molar-refractivity contribution is 0.0949. The summed E-state index contributed by atoms with van der Waals surface area (Å²) >= 11 is 0. The number of aromatic nitrogens is 4. The van der Waals surface area contributed by atoms with Crippen LogP contribution in [0.4, 0.5) is 4.39 Å². The Labute approximate surface area is 144 Å². The van der Waals surface area contributed by atoms with E-state index in [1.165, 1.54) is 25.0 Å². The second-order valence-corrected chi connectivity index (χ2v) is 6.25. The van der Waals surface area contributed by atoms with E-state index >= 15 is 0 Å². The summed E-state index contributed by atoms with van der Waals surface area (Å²) < 4.78 is 17.0. The van der Waals surface area contributed by atoms with Gasteiger partial charge in [0.05, 0.1) is 29.2 Å². The van der Waals surface area contributed by atoms with Crippen molar-refractivity contribution in [3.63, 3.8) is 0 Å². The van der Waals surface area contributed by atoms with E-state index in [1.807, 2.05) is 13.1 Å². The molecular weight excluding hydrogens is 321 g/mol. The number of hydrogen-bond donors (Lipinski definition) is 1. The second kappa shape index (κ2) is 6.16. The van der Waals surface area contributed by atoms with Crippen LogP contribution in [0.3, 0.4) is 0 Å². The lowest BCUT2D eigenvalue weighted by atomic mass is 10.1. The summed E-state index contributed by atoms with van der Waals surface area (Å²) in [5.41, 5.74) is 2.78.